The van der Waals surface area contributed by atoms with E-state index in [-0.39, 0.29) is 0 Å². The number of rotatable bonds is 3. The highest BCUT2D eigenvalue weighted by atomic mass is 15.3. The van der Waals surface area contributed by atoms with Crippen molar-refractivity contribution in [3.8, 4) is 11.4 Å². The minimum Gasteiger partial charge on any atom is -0.323 e. The molecule has 0 unspecified atom stereocenters. The van der Waals surface area contributed by atoms with E-state index in [9.17, 15) is 0 Å². The lowest BCUT2D eigenvalue weighted by atomic mass is 10.2. The third kappa shape index (κ3) is 2.60. The fourth-order valence-corrected chi connectivity index (χ4v) is 2.63. The van der Waals surface area contributed by atoms with E-state index >= 15 is 0 Å². The summed E-state index contributed by atoms with van der Waals surface area (Å²) in [7, 11) is 1.92. The van der Waals surface area contributed by atoms with Gasteiger partial charge in [0, 0.05) is 29.8 Å². The third-order valence-electron chi connectivity index (χ3n) is 4.00. The van der Waals surface area contributed by atoms with Crippen LogP contribution in [0.1, 0.15) is 5.69 Å². The molecule has 4 rings (SSSR count). The Balaban J connectivity index is 1.86. The highest BCUT2D eigenvalue weighted by Crippen LogP contribution is 2.26. The fourth-order valence-electron chi connectivity index (χ4n) is 2.63. The zero-order valence-electron chi connectivity index (χ0n) is 13.6. The van der Waals surface area contributed by atoms with Crippen LogP contribution in [-0.4, -0.2) is 19.7 Å². The third-order valence-corrected chi connectivity index (χ3v) is 4.00. The summed E-state index contributed by atoms with van der Waals surface area (Å²) in [5.74, 6) is 2.24. The van der Waals surface area contributed by atoms with Crippen LogP contribution < -0.4 is 5.32 Å². The quantitative estimate of drug-likeness (QED) is 0.619. The van der Waals surface area contributed by atoms with E-state index in [0.29, 0.717) is 5.82 Å². The minimum atomic E-state index is 0.699. The predicted octanol–water partition coefficient (Wildman–Crippen LogP) is 4.08. The molecule has 0 aliphatic heterocycles. The summed E-state index contributed by atoms with van der Waals surface area (Å²) in [5.41, 5.74) is 2.98. The molecular formula is C19H17N5. The molecular weight excluding hydrogens is 298 g/mol. The zero-order valence-corrected chi connectivity index (χ0v) is 13.6. The maximum absolute atomic E-state index is 4.73. The van der Waals surface area contributed by atoms with Crippen molar-refractivity contribution in [2.45, 2.75) is 6.92 Å². The molecule has 0 atom stereocenters. The molecule has 24 heavy (non-hydrogen) atoms. The van der Waals surface area contributed by atoms with Gasteiger partial charge in [0.25, 0.3) is 0 Å². The molecule has 0 spiro atoms. The normalized spacial score (nSPS) is 10.9. The molecule has 0 bridgehead atoms. The summed E-state index contributed by atoms with van der Waals surface area (Å²) < 4.78 is 1.84. The highest BCUT2D eigenvalue weighted by molar-refractivity contribution is 5.91. The Morgan fingerprint density at radius 3 is 2.42 bits per heavy atom. The largest absolute Gasteiger partial charge is 0.323 e. The van der Waals surface area contributed by atoms with E-state index in [2.05, 4.69) is 10.4 Å². The van der Waals surface area contributed by atoms with E-state index in [4.69, 9.17) is 9.97 Å². The molecule has 0 fully saturated rings. The second-order valence-electron chi connectivity index (χ2n) is 5.70. The van der Waals surface area contributed by atoms with Gasteiger partial charge < -0.3 is 5.32 Å². The van der Waals surface area contributed by atoms with Crippen LogP contribution in [0, 0.1) is 6.92 Å². The van der Waals surface area contributed by atoms with Crippen molar-refractivity contribution in [2.24, 2.45) is 7.05 Å². The average Bonchev–Trinajstić information content (AvgIpc) is 2.93. The predicted molar refractivity (Wildman–Crippen MR) is 96.2 cm³/mol. The average molecular weight is 315 g/mol. The molecule has 0 aliphatic rings. The maximum atomic E-state index is 4.73. The Hall–Kier alpha value is -3.21. The lowest BCUT2D eigenvalue weighted by molar-refractivity contribution is 0.743. The standard InChI is InChI=1S/C19H17N5/c1-13-12-17(23-24(13)2)21-19-15-10-6-7-11-16(15)20-18(22-19)14-8-4-3-5-9-14/h3-12H,1-2H3,(H,20,21,22,23). The SMILES string of the molecule is Cc1cc(Nc2nc(-c3ccccc3)nc3ccccc23)nn1C. The van der Waals surface area contributed by atoms with Crippen molar-refractivity contribution in [2.75, 3.05) is 5.32 Å². The van der Waals surface area contributed by atoms with Crippen molar-refractivity contribution in [3.05, 3.63) is 66.4 Å². The number of aromatic nitrogens is 4. The lowest BCUT2D eigenvalue weighted by Gasteiger charge is -2.09. The van der Waals surface area contributed by atoms with Crippen LogP contribution in [0.25, 0.3) is 22.3 Å². The van der Waals surface area contributed by atoms with E-state index in [0.717, 1.165) is 33.8 Å². The number of aryl methyl sites for hydroxylation is 2. The Morgan fingerprint density at radius 1 is 0.917 bits per heavy atom. The summed E-state index contributed by atoms with van der Waals surface area (Å²) >= 11 is 0. The molecule has 4 aromatic rings. The van der Waals surface area contributed by atoms with Gasteiger partial charge in [0.05, 0.1) is 5.52 Å². The van der Waals surface area contributed by atoms with Gasteiger partial charge in [0.1, 0.15) is 5.82 Å². The lowest BCUT2D eigenvalue weighted by Crippen LogP contribution is -2.00. The van der Waals surface area contributed by atoms with Crippen molar-refractivity contribution in [1.82, 2.24) is 19.7 Å². The van der Waals surface area contributed by atoms with E-state index in [1.807, 2.05) is 79.3 Å². The summed E-state index contributed by atoms with van der Waals surface area (Å²) in [5, 5.41) is 8.77. The molecule has 1 N–H and O–H groups in total. The Bertz CT molecular complexity index is 985. The summed E-state index contributed by atoms with van der Waals surface area (Å²) in [4.78, 5) is 9.43. The van der Waals surface area contributed by atoms with Gasteiger partial charge in [0.15, 0.2) is 11.6 Å². The number of para-hydroxylation sites is 1. The Labute approximate surface area is 140 Å². The van der Waals surface area contributed by atoms with E-state index in [1.165, 1.54) is 0 Å². The number of nitrogens with zero attached hydrogens (tertiary/aromatic N) is 4. The molecule has 2 aromatic carbocycles. The first kappa shape index (κ1) is 14.4. The molecule has 5 nitrogen and oxygen atoms in total. The molecule has 0 saturated carbocycles. The van der Waals surface area contributed by atoms with E-state index < -0.39 is 0 Å². The van der Waals surface area contributed by atoms with Crippen LogP contribution in [0.2, 0.25) is 0 Å². The second-order valence-corrected chi connectivity index (χ2v) is 5.70. The smallest absolute Gasteiger partial charge is 0.162 e. The van der Waals surface area contributed by atoms with Crippen LogP contribution >= 0.6 is 0 Å². The van der Waals surface area contributed by atoms with Crippen molar-refractivity contribution >= 4 is 22.5 Å². The van der Waals surface area contributed by atoms with Gasteiger partial charge in [-0.1, -0.05) is 42.5 Å². The van der Waals surface area contributed by atoms with Gasteiger partial charge in [-0.05, 0) is 19.1 Å². The molecule has 0 aliphatic carbocycles. The van der Waals surface area contributed by atoms with Gasteiger partial charge in [-0.15, -0.1) is 0 Å². The van der Waals surface area contributed by atoms with Crippen molar-refractivity contribution in [1.29, 1.82) is 0 Å². The number of hydrogen-bond acceptors (Lipinski definition) is 4. The van der Waals surface area contributed by atoms with Crippen LogP contribution in [0.4, 0.5) is 11.6 Å². The molecule has 0 amide bonds. The number of benzene rings is 2. The molecule has 0 radical (unpaired) electrons. The first-order valence-corrected chi connectivity index (χ1v) is 7.80. The summed E-state index contributed by atoms with van der Waals surface area (Å²) in [6, 6.07) is 20.0. The summed E-state index contributed by atoms with van der Waals surface area (Å²) in [6.07, 6.45) is 0. The van der Waals surface area contributed by atoms with E-state index in [1.54, 1.807) is 0 Å². The first-order valence-electron chi connectivity index (χ1n) is 7.80. The highest BCUT2D eigenvalue weighted by Gasteiger charge is 2.11. The number of nitrogens with one attached hydrogen (secondary N) is 1. The van der Waals surface area contributed by atoms with Gasteiger partial charge in [-0.25, -0.2) is 9.97 Å². The van der Waals surface area contributed by atoms with Crippen LogP contribution in [0.3, 0.4) is 0 Å². The van der Waals surface area contributed by atoms with Crippen LogP contribution in [0.5, 0.6) is 0 Å². The monoisotopic (exact) mass is 315 g/mol. The van der Waals surface area contributed by atoms with Crippen molar-refractivity contribution in [3.63, 3.8) is 0 Å². The summed E-state index contributed by atoms with van der Waals surface area (Å²) in [6.45, 7) is 2.02. The number of fused-ring (bicyclic) bond motifs is 1. The molecule has 2 aromatic heterocycles. The van der Waals surface area contributed by atoms with Crippen molar-refractivity contribution < 1.29 is 0 Å². The topological polar surface area (TPSA) is 55.6 Å². The molecule has 118 valence electrons. The number of anilines is 2. The zero-order chi connectivity index (χ0) is 16.5. The fraction of sp³-hybridized carbons (Fsp3) is 0.105. The first-order chi connectivity index (χ1) is 11.7. The minimum absolute atomic E-state index is 0.699. The van der Waals surface area contributed by atoms with Gasteiger partial charge >= 0.3 is 0 Å². The van der Waals surface area contributed by atoms with Crippen LogP contribution in [0.15, 0.2) is 60.7 Å². The Kier molecular flexibility index (Phi) is 3.46. The molecule has 5 heteroatoms. The molecule has 0 saturated heterocycles. The number of hydrogen-bond donors (Lipinski definition) is 1. The van der Waals surface area contributed by atoms with Gasteiger partial charge in [0.2, 0.25) is 0 Å². The maximum Gasteiger partial charge on any atom is 0.162 e. The molecule has 2 heterocycles. The van der Waals surface area contributed by atoms with Gasteiger partial charge in [-0.3, -0.25) is 4.68 Å². The Morgan fingerprint density at radius 2 is 1.67 bits per heavy atom. The second kappa shape index (κ2) is 5.77. The van der Waals surface area contributed by atoms with Crippen LogP contribution in [-0.2, 0) is 7.05 Å². The van der Waals surface area contributed by atoms with Gasteiger partial charge in [-0.2, -0.15) is 5.10 Å².